The number of allylic oxidation sites excluding steroid dienone is 1. The van der Waals surface area contributed by atoms with Crippen molar-refractivity contribution in [2.75, 3.05) is 19.3 Å². The van der Waals surface area contributed by atoms with Gasteiger partial charge in [-0.15, -0.1) is 0 Å². The number of aryl methyl sites for hydroxylation is 1. The van der Waals surface area contributed by atoms with Crippen LogP contribution in [-0.4, -0.2) is 33.7 Å². The number of rotatable bonds is 7. The Hall–Kier alpha value is -1.73. The molecule has 0 spiro atoms. The zero-order chi connectivity index (χ0) is 17.6. The molecule has 0 fully saturated rings. The second kappa shape index (κ2) is 8.21. The average molecular weight is 342 g/mol. The molecule has 0 atom stereocenters. The van der Waals surface area contributed by atoms with Crippen LogP contribution in [0, 0.1) is 18.7 Å². The Kier molecular flexibility index (Phi) is 6.90. The maximum atomic E-state index is 13.4. The van der Waals surface area contributed by atoms with Gasteiger partial charge in [0.05, 0.1) is 5.75 Å². The minimum atomic E-state index is -3.35. The Labute approximate surface area is 137 Å². The molecule has 1 amide bonds. The highest BCUT2D eigenvalue weighted by molar-refractivity contribution is 7.89. The van der Waals surface area contributed by atoms with E-state index in [9.17, 15) is 17.6 Å². The van der Waals surface area contributed by atoms with Crippen LogP contribution in [-0.2, 0) is 14.8 Å². The molecule has 0 saturated carbocycles. The van der Waals surface area contributed by atoms with Crippen LogP contribution in [0.25, 0.3) is 5.57 Å². The van der Waals surface area contributed by atoms with Gasteiger partial charge >= 0.3 is 0 Å². The van der Waals surface area contributed by atoms with Gasteiger partial charge in [-0.1, -0.05) is 19.9 Å². The summed E-state index contributed by atoms with van der Waals surface area (Å²) in [6.45, 7) is 5.55. The topological polar surface area (TPSA) is 75.3 Å². The lowest BCUT2D eigenvalue weighted by Crippen LogP contribution is -2.32. The number of halogens is 1. The van der Waals surface area contributed by atoms with Crippen molar-refractivity contribution in [1.82, 2.24) is 10.0 Å². The van der Waals surface area contributed by atoms with Crippen molar-refractivity contribution in [1.29, 1.82) is 0 Å². The van der Waals surface area contributed by atoms with E-state index in [0.717, 1.165) is 11.1 Å². The van der Waals surface area contributed by atoms with E-state index in [1.165, 1.54) is 19.2 Å². The lowest BCUT2D eigenvalue weighted by molar-refractivity contribution is -0.116. The molecule has 0 aliphatic rings. The first kappa shape index (κ1) is 19.3. The predicted octanol–water partition coefficient (Wildman–Crippen LogP) is 1.84. The van der Waals surface area contributed by atoms with Crippen molar-refractivity contribution in [3.63, 3.8) is 0 Å². The van der Waals surface area contributed by atoms with Crippen LogP contribution in [0.3, 0.4) is 0 Å². The third kappa shape index (κ3) is 6.11. The summed E-state index contributed by atoms with van der Waals surface area (Å²) in [5.41, 5.74) is 2.05. The molecular formula is C16H23FN2O3S. The van der Waals surface area contributed by atoms with E-state index in [-0.39, 0.29) is 29.9 Å². The van der Waals surface area contributed by atoms with Crippen LogP contribution in [0.4, 0.5) is 4.39 Å². The summed E-state index contributed by atoms with van der Waals surface area (Å²) >= 11 is 0. The molecule has 7 heteroatoms. The monoisotopic (exact) mass is 342 g/mol. The minimum Gasteiger partial charge on any atom is -0.351 e. The second-order valence-corrected chi connectivity index (χ2v) is 7.58. The number of hydrogen-bond acceptors (Lipinski definition) is 3. The Balaban J connectivity index is 2.86. The number of carbonyl (C=O) groups excluding carboxylic acids is 1. The smallest absolute Gasteiger partial charge is 0.244 e. The molecule has 1 rings (SSSR count). The molecule has 128 valence electrons. The fraction of sp³-hybridized carbons (Fsp3) is 0.438. The molecule has 23 heavy (non-hydrogen) atoms. The molecule has 5 nitrogen and oxygen atoms in total. The lowest BCUT2D eigenvalue weighted by Gasteiger charge is -2.13. The molecule has 1 aromatic rings. The highest BCUT2D eigenvalue weighted by Gasteiger charge is 2.12. The Morgan fingerprint density at radius 1 is 1.35 bits per heavy atom. The molecule has 2 N–H and O–H groups in total. The van der Waals surface area contributed by atoms with Crippen molar-refractivity contribution in [3.8, 4) is 0 Å². The van der Waals surface area contributed by atoms with E-state index in [1.807, 2.05) is 13.8 Å². The fourth-order valence-corrected chi connectivity index (χ4v) is 2.59. The van der Waals surface area contributed by atoms with Crippen LogP contribution >= 0.6 is 0 Å². The predicted molar refractivity (Wildman–Crippen MR) is 89.8 cm³/mol. The molecule has 1 aromatic carbocycles. The third-order valence-electron chi connectivity index (χ3n) is 3.38. The quantitative estimate of drug-likeness (QED) is 0.743. The standard InChI is InChI=1S/C16H23FN2O3S/c1-11(2)14(13-5-6-15(17)12(3)9-13)10-16(20)19-7-8-23(21,22)18-4/h5-6,9-11,18H,7-8H2,1-4H3,(H,19,20)/b14-10+. The minimum absolute atomic E-state index is 0.0202. The zero-order valence-electron chi connectivity index (χ0n) is 13.8. The van der Waals surface area contributed by atoms with E-state index in [1.54, 1.807) is 19.1 Å². The van der Waals surface area contributed by atoms with Gasteiger partial charge in [-0.2, -0.15) is 0 Å². The summed E-state index contributed by atoms with van der Waals surface area (Å²) in [4.78, 5) is 12.0. The van der Waals surface area contributed by atoms with Gasteiger partial charge in [-0.3, -0.25) is 4.79 Å². The van der Waals surface area contributed by atoms with Crippen LogP contribution in [0.5, 0.6) is 0 Å². The first-order valence-electron chi connectivity index (χ1n) is 7.33. The van der Waals surface area contributed by atoms with Crippen molar-refractivity contribution in [2.45, 2.75) is 20.8 Å². The fourth-order valence-electron chi connectivity index (χ4n) is 2.01. The number of carbonyl (C=O) groups is 1. The molecule has 0 aliphatic heterocycles. The Bertz CT molecular complexity index is 697. The van der Waals surface area contributed by atoms with E-state index >= 15 is 0 Å². The van der Waals surface area contributed by atoms with Gasteiger partial charge in [0.25, 0.3) is 0 Å². The molecule has 0 bridgehead atoms. The molecule has 0 aromatic heterocycles. The van der Waals surface area contributed by atoms with Crippen molar-refractivity contribution in [3.05, 3.63) is 41.2 Å². The number of hydrogen-bond donors (Lipinski definition) is 2. The van der Waals surface area contributed by atoms with Gasteiger partial charge in [0.2, 0.25) is 15.9 Å². The van der Waals surface area contributed by atoms with E-state index < -0.39 is 10.0 Å². The highest BCUT2D eigenvalue weighted by atomic mass is 32.2. The van der Waals surface area contributed by atoms with Gasteiger partial charge in [0.1, 0.15) is 5.82 Å². The number of benzene rings is 1. The van der Waals surface area contributed by atoms with Gasteiger partial charge in [-0.05, 0) is 48.7 Å². The van der Waals surface area contributed by atoms with E-state index in [4.69, 9.17) is 0 Å². The average Bonchev–Trinajstić information content (AvgIpc) is 2.47. The zero-order valence-corrected chi connectivity index (χ0v) is 14.6. The van der Waals surface area contributed by atoms with Crippen molar-refractivity contribution >= 4 is 21.5 Å². The van der Waals surface area contributed by atoms with Gasteiger partial charge in [-0.25, -0.2) is 17.5 Å². The SMILES string of the molecule is CNS(=O)(=O)CCNC(=O)/C=C(/c1ccc(F)c(C)c1)C(C)C. The summed E-state index contributed by atoms with van der Waals surface area (Å²) in [7, 11) is -2.03. The van der Waals surface area contributed by atoms with Crippen LogP contribution in [0.1, 0.15) is 25.0 Å². The first-order valence-corrected chi connectivity index (χ1v) is 8.98. The van der Waals surface area contributed by atoms with Crippen LogP contribution < -0.4 is 10.0 Å². The summed E-state index contributed by atoms with van der Waals surface area (Å²) in [6.07, 6.45) is 1.43. The normalized spacial score (nSPS) is 12.5. The summed E-state index contributed by atoms with van der Waals surface area (Å²) in [5, 5.41) is 2.55. The molecule has 0 radical (unpaired) electrons. The number of amides is 1. The lowest BCUT2D eigenvalue weighted by atomic mass is 9.93. The molecule has 0 saturated heterocycles. The highest BCUT2D eigenvalue weighted by Crippen LogP contribution is 2.24. The first-order chi connectivity index (χ1) is 10.7. The summed E-state index contributed by atoms with van der Waals surface area (Å²) in [5.74, 6) is -0.789. The third-order valence-corrected chi connectivity index (χ3v) is 4.74. The largest absolute Gasteiger partial charge is 0.351 e. The molecular weight excluding hydrogens is 319 g/mol. The number of nitrogens with one attached hydrogen (secondary N) is 2. The summed E-state index contributed by atoms with van der Waals surface area (Å²) < 4.78 is 38.1. The molecule has 0 heterocycles. The second-order valence-electron chi connectivity index (χ2n) is 5.53. The molecule has 0 unspecified atom stereocenters. The van der Waals surface area contributed by atoms with Crippen molar-refractivity contribution in [2.24, 2.45) is 5.92 Å². The maximum Gasteiger partial charge on any atom is 0.244 e. The summed E-state index contributed by atoms with van der Waals surface area (Å²) in [6, 6.07) is 4.70. The maximum absolute atomic E-state index is 13.4. The Morgan fingerprint density at radius 2 is 2.00 bits per heavy atom. The van der Waals surface area contributed by atoms with E-state index in [2.05, 4.69) is 10.0 Å². The van der Waals surface area contributed by atoms with Gasteiger partial charge in [0.15, 0.2) is 0 Å². The van der Waals surface area contributed by atoms with Crippen molar-refractivity contribution < 1.29 is 17.6 Å². The van der Waals surface area contributed by atoms with Crippen LogP contribution in [0.2, 0.25) is 0 Å². The van der Waals surface area contributed by atoms with E-state index in [0.29, 0.717) is 5.56 Å². The number of sulfonamides is 1. The Morgan fingerprint density at radius 3 is 2.52 bits per heavy atom. The molecule has 0 aliphatic carbocycles. The van der Waals surface area contributed by atoms with Gasteiger partial charge in [0, 0.05) is 12.6 Å². The van der Waals surface area contributed by atoms with Gasteiger partial charge < -0.3 is 5.32 Å². The van der Waals surface area contributed by atoms with Crippen LogP contribution in [0.15, 0.2) is 24.3 Å².